The predicted octanol–water partition coefficient (Wildman–Crippen LogP) is -3.15. The largest absolute Gasteiger partial charge is 0.481 e. The molecule has 0 saturated carbocycles. The number of hydrogen-bond acceptors (Lipinski definition) is 14. The molecule has 0 aromatic rings. The number of aliphatic carboxylic acids is 4. The van der Waals surface area contributed by atoms with E-state index in [0.717, 1.165) is 6.92 Å². The Morgan fingerprint density at radius 2 is 0.968 bits per heavy atom. The van der Waals surface area contributed by atoms with E-state index in [0.29, 0.717) is 12.2 Å². The quantitative estimate of drug-likeness (QED) is 0.0327. The van der Waals surface area contributed by atoms with Gasteiger partial charge in [0.1, 0.15) is 42.3 Å². The fourth-order valence-electron chi connectivity index (χ4n) is 5.59. The number of nitrogens with one attached hydrogen (secondary N) is 7. The molecule has 0 fully saturated rings. The maximum atomic E-state index is 13.9. The summed E-state index contributed by atoms with van der Waals surface area (Å²) in [4.78, 5) is 139. The first-order chi connectivity index (χ1) is 28.9. The molecule has 9 atom stereocenters. The smallest absolute Gasteiger partial charge is 0.326 e. The van der Waals surface area contributed by atoms with Gasteiger partial charge in [-0.2, -0.15) is 11.8 Å². The molecule has 14 N–H and O–H groups in total. The zero-order valence-corrected chi connectivity index (χ0v) is 36.4. The second kappa shape index (κ2) is 28.9. The van der Waals surface area contributed by atoms with E-state index in [-0.39, 0.29) is 18.8 Å². The fourth-order valence-corrected chi connectivity index (χ4v) is 6.06. The third-order valence-electron chi connectivity index (χ3n) is 9.20. The van der Waals surface area contributed by atoms with Gasteiger partial charge in [-0.3, -0.25) is 47.9 Å². The number of carbonyl (C=O) groups excluding carboxylic acids is 7. The molecule has 0 aliphatic heterocycles. The molecule has 7 amide bonds. The summed E-state index contributed by atoms with van der Waals surface area (Å²) in [6.07, 6.45) is -3.00. The molecule has 0 heterocycles. The predicted molar refractivity (Wildman–Crippen MR) is 220 cm³/mol. The Morgan fingerprint density at radius 3 is 1.35 bits per heavy atom. The number of amides is 7. The van der Waals surface area contributed by atoms with Gasteiger partial charge in [0.15, 0.2) is 0 Å². The molecule has 25 heteroatoms. The lowest BCUT2D eigenvalue weighted by atomic mass is 9.96. The van der Waals surface area contributed by atoms with Crippen LogP contribution in [0.25, 0.3) is 0 Å². The highest BCUT2D eigenvalue weighted by Gasteiger charge is 2.36. The first-order valence-electron chi connectivity index (χ1n) is 19.7. The van der Waals surface area contributed by atoms with Crippen LogP contribution in [0.4, 0.5) is 0 Å². The first-order valence-corrected chi connectivity index (χ1v) is 21.1. The van der Waals surface area contributed by atoms with Gasteiger partial charge < -0.3 is 68.5 Å². The van der Waals surface area contributed by atoms with Crippen LogP contribution in [0.1, 0.15) is 86.0 Å². The van der Waals surface area contributed by atoms with Crippen molar-refractivity contribution in [1.82, 2.24) is 37.2 Å². The second-order valence-electron chi connectivity index (χ2n) is 14.9. The molecule has 352 valence electrons. The molecule has 0 aromatic carbocycles. The van der Waals surface area contributed by atoms with Gasteiger partial charge in [0, 0.05) is 12.8 Å². The summed E-state index contributed by atoms with van der Waals surface area (Å²) in [6, 6.07) is -11.0. The van der Waals surface area contributed by atoms with Gasteiger partial charge in [-0.05, 0) is 56.5 Å². The Labute approximate surface area is 362 Å². The molecule has 0 aromatic heterocycles. The number of aliphatic hydroxyl groups is 1. The number of hydrogen-bond donors (Lipinski definition) is 13. The highest BCUT2D eigenvalue weighted by atomic mass is 32.2. The van der Waals surface area contributed by atoms with E-state index in [4.69, 9.17) is 10.8 Å². The first kappa shape index (κ1) is 56.4. The van der Waals surface area contributed by atoms with Gasteiger partial charge >= 0.3 is 23.9 Å². The highest BCUT2D eigenvalue weighted by Crippen LogP contribution is 2.13. The number of rotatable bonds is 31. The monoisotopic (exact) mass is 906 g/mol. The van der Waals surface area contributed by atoms with Crippen LogP contribution in [-0.4, -0.2) is 158 Å². The van der Waals surface area contributed by atoms with Gasteiger partial charge in [-0.1, -0.05) is 34.1 Å². The average molecular weight is 907 g/mol. The van der Waals surface area contributed by atoms with Crippen molar-refractivity contribution in [3.8, 4) is 0 Å². The minimum Gasteiger partial charge on any atom is -0.481 e. The molecule has 0 saturated heterocycles. The summed E-state index contributed by atoms with van der Waals surface area (Å²) in [5, 5.41) is 63.6. The van der Waals surface area contributed by atoms with E-state index in [2.05, 4.69) is 37.2 Å². The third kappa shape index (κ3) is 21.8. The van der Waals surface area contributed by atoms with Crippen LogP contribution in [0.2, 0.25) is 0 Å². The number of thioether (sulfide) groups is 1. The lowest BCUT2D eigenvalue weighted by Gasteiger charge is -2.30. The molecule has 62 heavy (non-hydrogen) atoms. The van der Waals surface area contributed by atoms with Crippen LogP contribution in [0.5, 0.6) is 0 Å². The van der Waals surface area contributed by atoms with Gasteiger partial charge in [-0.25, -0.2) is 4.79 Å². The van der Waals surface area contributed by atoms with Crippen LogP contribution < -0.4 is 43.0 Å². The number of carboxylic acid groups (broad SMARTS) is 4. The number of aliphatic hydroxyl groups excluding tert-OH is 1. The molecule has 0 bridgehead atoms. The van der Waals surface area contributed by atoms with Crippen molar-refractivity contribution in [2.45, 2.75) is 134 Å². The summed E-state index contributed by atoms with van der Waals surface area (Å²) >= 11 is 1.30. The van der Waals surface area contributed by atoms with Crippen LogP contribution in [-0.2, 0) is 52.7 Å². The molecule has 0 rings (SSSR count). The van der Waals surface area contributed by atoms with E-state index in [1.165, 1.54) is 11.8 Å². The van der Waals surface area contributed by atoms with Crippen molar-refractivity contribution in [2.24, 2.45) is 17.6 Å². The van der Waals surface area contributed by atoms with Crippen molar-refractivity contribution in [2.75, 3.05) is 18.6 Å². The van der Waals surface area contributed by atoms with Gasteiger partial charge in [-0.15, -0.1) is 0 Å². The molecular formula is C37H62N8O16S. The van der Waals surface area contributed by atoms with Gasteiger partial charge in [0.05, 0.1) is 19.1 Å². The van der Waals surface area contributed by atoms with Crippen molar-refractivity contribution >= 4 is 77.0 Å². The van der Waals surface area contributed by atoms with Crippen molar-refractivity contribution in [3.05, 3.63) is 0 Å². The van der Waals surface area contributed by atoms with Gasteiger partial charge in [0.2, 0.25) is 41.4 Å². The summed E-state index contributed by atoms with van der Waals surface area (Å²) in [7, 11) is 0. The lowest BCUT2D eigenvalue weighted by Crippen LogP contribution is -2.61. The minimum atomic E-state index is -1.81. The normalized spacial score (nSPS) is 15.4. The summed E-state index contributed by atoms with van der Waals surface area (Å²) < 4.78 is 0. The van der Waals surface area contributed by atoms with Crippen molar-refractivity contribution < 1.29 is 78.3 Å². The molecule has 0 unspecified atom stereocenters. The minimum absolute atomic E-state index is 0.0123. The summed E-state index contributed by atoms with van der Waals surface area (Å²) in [5.41, 5.74) is 5.27. The molecule has 24 nitrogen and oxygen atoms in total. The van der Waals surface area contributed by atoms with E-state index in [9.17, 15) is 73.2 Å². The molecule has 0 aliphatic rings. The van der Waals surface area contributed by atoms with E-state index in [1.54, 1.807) is 34.0 Å². The number of nitrogens with two attached hydrogens (primary N) is 1. The molecular weight excluding hydrogens is 845 g/mol. The number of carbonyl (C=O) groups is 11. The van der Waals surface area contributed by atoms with E-state index >= 15 is 0 Å². The topological polar surface area (TPSA) is 399 Å². The Morgan fingerprint density at radius 1 is 0.548 bits per heavy atom. The van der Waals surface area contributed by atoms with E-state index in [1.807, 2.05) is 0 Å². The van der Waals surface area contributed by atoms with Crippen LogP contribution in [0.3, 0.4) is 0 Å². The van der Waals surface area contributed by atoms with Crippen molar-refractivity contribution in [1.29, 1.82) is 0 Å². The lowest BCUT2D eigenvalue weighted by molar-refractivity contribution is -0.147. The van der Waals surface area contributed by atoms with Crippen LogP contribution in [0.15, 0.2) is 0 Å². The summed E-state index contributed by atoms with van der Waals surface area (Å²) in [5.74, 6) is -13.4. The van der Waals surface area contributed by atoms with E-state index < -0.39 is 158 Å². The van der Waals surface area contributed by atoms with Gasteiger partial charge in [0.25, 0.3) is 0 Å². The Bertz CT molecular complexity index is 1600. The molecule has 0 radical (unpaired) electrons. The molecule has 0 aliphatic carbocycles. The van der Waals surface area contributed by atoms with Crippen molar-refractivity contribution in [3.63, 3.8) is 0 Å². The number of carboxylic acids is 4. The zero-order valence-electron chi connectivity index (χ0n) is 35.6. The second-order valence-corrected chi connectivity index (χ2v) is 15.9. The summed E-state index contributed by atoms with van der Waals surface area (Å²) in [6.45, 7) is 7.29. The fraction of sp³-hybridized carbons (Fsp3) is 0.703. The maximum absolute atomic E-state index is 13.9. The standard InChI is InChI=1S/C37H62N8O16S/c1-7-18(4)29(35(58)41-22(12-13-62-6)33(56)43-24(37(60)61)15-28(52)53)45-34(57)23(14-17(2)3)42-32(55)20(8-10-26(48)49)39-31(54)21(9-11-27(50)51)40-36(59)30(19(5)46)44-25(47)16-38/h17-24,29-30,46H,7-16,38H2,1-6H3,(H,39,54)(H,40,59)(H,41,58)(H,42,55)(H,43,56)(H,44,47)(H,45,57)(H,48,49)(H,50,51)(H,52,53)(H,60,61)/t18-,19+,20-,21-,22-,23-,24-,29-,30-/m0/s1. The molecule has 0 spiro atoms. The Balaban J connectivity index is 6.60. The van der Waals surface area contributed by atoms with Crippen LogP contribution >= 0.6 is 11.8 Å². The SMILES string of the molecule is CC[C@H](C)[C@H](NC(=O)[C@H](CC(C)C)NC(=O)[C@H](CCC(=O)O)NC(=O)[C@H](CCC(=O)O)NC(=O)[C@@H](NC(=O)CN)[C@@H](C)O)C(=O)N[C@@H](CCSC)C(=O)N[C@@H](CC(=O)O)C(=O)O. The Kier molecular flexibility index (Phi) is 26.3. The average Bonchev–Trinajstić information content (AvgIpc) is 3.18. The third-order valence-corrected chi connectivity index (χ3v) is 9.84. The Hall–Kier alpha value is -5.56. The zero-order chi connectivity index (χ0) is 47.9. The van der Waals surface area contributed by atoms with Crippen LogP contribution in [0, 0.1) is 11.8 Å². The highest BCUT2D eigenvalue weighted by molar-refractivity contribution is 7.98. The maximum Gasteiger partial charge on any atom is 0.326 e.